The molecule has 0 unspecified atom stereocenters. The van der Waals surface area contributed by atoms with Crippen LogP contribution in [0.5, 0.6) is 0 Å². The SMILES string of the molecule is CC(=O)OCCN(CCC#N)c1ccc(N=Nc2ccc([N+](=O)[O-])cc2S(C)(=O)=O)cc1. The predicted octanol–water partition coefficient (Wildman–Crippen LogP) is 3.70. The molecule has 12 heteroatoms. The van der Waals surface area contributed by atoms with Gasteiger partial charge in [0.25, 0.3) is 5.69 Å². The standard InChI is InChI=1S/C20H21N5O6S/c1-15(26)31-13-12-24(11-3-10-21)17-6-4-16(5-7-17)22-23-19-9-8-18(25(27)28)14-20(19)32(2,29)30/h4-9,14H,3,11-13H2,1-2H3. The molecular formula is C20H21N5O6S. The van der Waals surface area contributed by atoms with E-state index >= 15 is 0 Å². The van der Waals surface area contributed by atoms with E-state index in [9.17, 15) is 23.3 Å². The number of carbonyl (C=O) groups is 1. The zero-order chi connectivity index (χ0) is 23.7. The fourth-order valence-corrected chi connectivity index (χ4v) is 3.52. The molecule has 0 saturated heterocycles. The zero-order valence-corrected chi connectivity index (χ0v) is 18.3. The Morgan fingerprint density at radius 2 is 1.88 bits per heavy atom. The Hall–Kier alpha value is -3.85. The highest BCUT2D eigenvalue weighted by Crippen LogP contribution is 2.30. The van der Waals surface area contributed by atoms with Gasteiger partial charge in [-0.2, -0.15) is 10.4 Å². The largest absolute Gasteiger partial charge is 0.464 e. The van der Waals surface area contributed by atoms with E-state index in [1.807, 2.05) is 4.90 Å². The molecule has 11 nitrogen and oxygen atoms in total. The summed E-state index contributed by atoms with van der Waals surface area (Å²) in [6, 6.07) is 12.2. The molecule has 2 aromatic carbocycles. The second-order valence-electron chi connectivity index (χ2n) is 6.63. The molecule has 0 heterocycles. The molecule has 0 bridgehead atoms. The number of non-ortho nitro benzene ring substituents is 1. The van der Waals surface area contributed by atoms with E-state index in [0.717, 1.165) is 24.1 Å². The van der Waals surface area contributed by atoms with E-state index in [1.165, 1.54) is 13.0 Å². The van der Waals surface area contributed by atoms with Gasteiger partial charge in [0.2, 0.25) is 0 Å². The number of hydrogen-bond donors (Lipinski definition) is 0. The van der Waals surface area contributed by atoms with Gasteiger partial charge >= 0.3 is 5.97 Å². The molecule has 0 fully saturated rings. The van der Waals surface area contributed by atoms with Gasteiger partial charge in [-0.15, -0.1) is 5.11 Å². The lowest BCUT2D eigenvalue weighted by atomic mass is 10.2. The summed E-state index contributed by atoms with van der Waals surface area (Å²) in [4.78, 5) is 22.8. The summed E-state index contributed by atoms with van der Waals surface area (Å²) >= 11 is 0. The first-order valence-corrected chi connectivity index (χ1v) is 11.3. The van der Waals surface area contributed by atoms with Crippen molar-refractivity contribution in [3.63, 3.8) is 0 Å². The second kappa shape index (κ2) is 11.0. The molecule has 0 saturated carbocycles. The van der Waals surface area contributed by atoms with Crippen molar-refractivity contribution in [3.8, 4) is 6.07 Å². The minimum absolute atomic E-state index is 0.0146. The van der Waals surface area contributed by atoms with Gasteiger partial charge in [0.15, 0.2) is 9.84 Å². The van der Waals surface area contributed by atoms with E-state index in [-0.39, 0.29) is 35.3 Å². The first-order valence-electron chi connectivity index (χ1n) is 9.37. The van der Waals surface area contributed by atoms with Crippen LogP contribution in [0.2, 0.25) is 0 Å². The molecule has 0 aromatic heterocycles. The van der Waals surface area contributed by atoms with E-state index < -0.39 is 14.8 Å². The molecule has 0 radical (unpaired) electrons. The van der Waals surface area contributed by atoms with Gasteiger partial charge in [-0.05, 0) is 30.3 Å². The number of hydrogen-bond acceptors (Lipinski definition) is 10. The summed E-state index contributed by atoms with van der Waals surface area (Å²) < 4.78 is 28.9. The maximum absolute atomic E-state index is 12.0. The van der Waals surface area contributed by atoms with E-state index in [4.69, 9.17) is 10.00 Å². The lowest BCUT2D eigenvalue weighted by molar-refractivity contribution is -0.385. The number of ether oxygens (including phenoxy) is 1. The number of anilines is 1. The Bertz CT molecular complexity index is 1160. The molecule has 0 aliphatic rings. The van der Waals surface area contributed by atoms with Crippen LogP contribution in [0.3, 0.4) is 0 Å². The molecule has 32 heavy (non-hydrogen) atoms. The van der Waals surface area contributed by atoms with Crippen LogP contribution in [0.4, 0.5) is 22.7 Å². The minimum Gasteiger partial charge on any atom is -0.464 e. The van der Waals surface area contributed by atoms with Crippen LogP contribution >= 0.6 is 0 Å². The highest BCUT2D eigenvalue weighted by atomic mass is 32.2. The van der Waals surface area contributed by atoms with Gasteiger partial charge in [0.1, 0.15) is 17.2 Å². The minimum atomic E-state index is -3.76. The van der Waals surface area contributed by atoms with Gasteiger partial charge in [0.05, 0.1) is 29.6 Å². The average molecular weight is 459 g/mol. The molecule has 2 aromatic rings. The molecule has 0 atom stereocenters. The summed E-state index contributed by atoms with van der Waals surface area (Å²) in [6.45, 7) is 2.35. The third-order valence-electron chi connectivity index (χ3n) is 4.20. The van der Waals surface area contributed by atoms with Crippen molar-refractivity contribution in [3.05, 3.63) is 52.6 Å². The Morgan fingerprint density at radius 1 is 1.19 bits per heavy atom. The lowest BCUT2D eigenvalue weighted by Gasteiger charge is -2.23. The topological polar surface area (TPSA) is 155 Å². The maximum atomic E-state index is 12.0. The molecule has 0 aliphatic heterocycles. The Morgan fingerprint density at radius 3 is 2.44 bits per heavy atom. The normalized spacial score (nSPS) is 11.2. The van der Waals surface area contributed by atoms with Gasteiger partial charge < -0.3 is 9.64 Å². The number of benzene rings is 2. The van der Waals surface area contributed by atoms with Crippen LogP contribution in [0, 0.1) is 21.4 Å². The predicted molar refractivity (Wildman–Crippen MR) is 116 cm³/mol. The van der Waals surface area contributed by atoms with Crippen LogP contribution < -0.4 is 4.90 Å². The maximum Gasteiger partial charge on any atom is 0.302 e. The van der Waals surface area contributed by atoms with Crippen LogP contribution in [0.15, 0.2) is 57.6 Å². The molecule has 0 N–H and O–H groups in total. The van der Waals surface area contributed by atoms with Crippen LogP contribution in [0.1, 0.15) is 13.3 Å². The second-order valence-corrected chi connectivity index (χ2v) is 8.62. The van der Waals surface area contributed by atoms with E-state index in [1.54, 1.807) is 24.3 Å². The fourth-order valence-electron chi connectivity index (χ4n) is 2.69. The monoisotopic (exact) mass is 459 g/mol. The third kappa shape index (κ3) is 7.13. The third-order valence-corrected chi connectivity index (χ3v) is 5.33. The summed E-state index contributed by atoms with van der Waals surface area (Å²) in [5.41, 5.74) is 0.824. The smallest absolute Gasteiger partial charge is 0.302 e. The summed E-state index contributed by atoms with van der Waals surface area (Å²) in [7, 11) is -3.76. The summed E-state index contributed by atoms with van der Waals surface area (Å²) in [5, 5.41) is 27.8. The number of rotatable bonds is 10. The quantitative estimate of drug-likeness (QED) is 0.225. The fraction of sp³-hybridized carbons (Fsp3) is 0.300. The number of esters is 1. The summed E-state index contributed by atoms with van der Waals surface area (Å²) in [6.07, 6.45) is 1.22. The highest BCUT2D eigenvalue weighted by Gasteiger charge is 2.18. The number of nitro benzene ring substituents is 1. The van der Waals surface area contributed by atoms with Crippen molar-refractivity contribution >= 4 is 38.6 Å². The van der Waals surface area contributed by atoms with Crippen LogP contribution in [-0.4, -0.2) is 45.3 Å². The van der Waals surface area contributed by atoms with E-state index in [0.29, 0.717) is 18.8 Å². The van der Waals surface area contributed by atoms with Crippen LogP contribution in [-0.2, 0) is 19.4 Å². The van der Waals surface area contributed by atoms with E-state index in [2.05, 4.69) is 16.3 Å². The van der Waals surface area contributed by atoms with Crippen molar-refractivity contribution in [2.24, 2.45) is 10.2 Å². The highest BCUT2D eigenvalue weighted by molar-refractivity contribution is 7.90. The van der Waals surface area contributed by atoms with Crippen molar-refractivity contribution in [2.45, 2.75) is 18.2 Å². The molecule has 0 spiro atoms. The number of nitro groups is 1. The Labute approximate surface area is 185 Å². The molecule has 2 rings (SSSR count). The Kier molecular flexibility index (Phi) is 8.37. The molecule has 0 amide bonds. The number of azo groups is 1. The van der Waals surface area contributed by atoms with Crippen molar-refractivity contribution in [2.75, 3.05) is 30.9 Å². The molecule has 168 valence electrons. The molecule has 0 aliphatic carbocycles. The van der Waals surface area contributed by atoms with Crippen molar-refractivity contribution in [1.29, 1.82) is 5.26 Å². The van der Waals surface area contributed by atoms with Gasteiger partial charge in [-0.25, -0.2) is 8.42 Å². The van der Waals surface area contributed by atoms with Crippen molar-refractivity contribution < 1.29 is 22.9 Å². The number of nitrogens with zero attached hydrogens (tertiary/aromatic N) is 5. The molecular weight excluding hydrogens is 438 g/mol. The first kappa shape index (κ1) is 24.4. The Balaban J connectivity index is 2.23. The summed E-state index contributed by atoms with van der Waals surface area (Å²) in [5.74, 6) is -0.388. The van der Waals surface area contributed by atoms with Crippen molar-refractivity contribution in [1.82, 2.24) is 0 Å². The lowest BCUT2D eigenvalue weighted by Crippen LogP contribution is -2.28. The van der Waals surface area contributed by atoms with Gasteiger partial charge in [-0.3, -0.25) is 14.9 Å². The van der Waals surface area contributed by atoms with Gasteiger partial charge in [0, 0.05) is 37.5 Å². The number of sulfone groups is 1. The number of nitriles is 1. The average Bonchev–Trinajstić information content (AvgIpc) is 2.74. The van der Waals surface area contributed by atoms with Gasteiger partial charge in [-0.1, -0.05) is 0 Å². The first-order chi connectivity index (χ1) is 15.1. The van der Waals surface area contributed by atoms with Crippen LogP contribution in [0.25, 0.3) is 0 Å². The zero-order valence-electron chi connectivity index (χ0n) is 17.5. The number of carbonyl (C=O) groups excluding carboxylic acids is 1.